The van der Waals surface area contributed by atoms with E-state index in [0.717, 1.165) is 18.5 Å². The lowest BCUT2D eigenvalue weighted by Gasteiger charge is -1.92. The highest BCUT2D eigenvalue weighted by molar-refractivity contribution is 5.27. The van der Waals surface area contributed by atoms with Crippen molar-refractivity contribution in [3.8, 4) is 12.3 Å². The second kappa shape index (κ2) is 5.79. The van der Waals surface area contributed by atoms with Gasteiger partial charge in [0.2, 0.25) is 0 Å². The summed E-state index contributed by atoms with van der Waals surface area (Å²) >= 11 is 0. The maximum atomic E-state index is 5.21. The normalized spacial score (nSPS) is 8.33. The van der Waals surface area contributed by atoms with Crippen molar-refractivity contribution < 1.29 is 21.5 Å². The highest BCUT2D eigenvalue weighted by atomic mass is 79.9. The minimum atomic E-state index is 0. The van der Waals surface area contributed by atoms with Crippen molar-refractivity contribution in [1.29, 1.82) is 0 Å². The fraction of sp³-hybridized carbons (Fsp3) is 0.300. The van der Waals surface area contributed by atoms with Crippen molar-refractivity contribution in [3.63, 3.8) is 0 Å². The van der Waals surface area contributed by atoms with Crippen LogP contribution in [0.4, 0.5) is 0 Å². The number of aryl methyl sites for hydroxylation is 1. The highest BCUT2D eigenvalue weighted by Crippen LogP contribution is 1.90. The predicted octanol–water partition coefficient (Wildman–Crippen LogP) is -1.63. The van der Waals surface area contributed by atoms with Gasteiger partial charge in [0.1, 0.15) is 6.54 Å². The molecule has 0 bridgehead atoms. The SMILES string of the molecule is C#Cc1cc[n+](CCC)cc1.[Br-]. The van der Waals surface area contributed by atoms with Gasteiger partial charge in [-0.15, -0.1) is 6.42 Å². The second-order valence-corrected chi connectivity index (χ2v) is 2.47. The summed E-state index contributed by atoms with van der Waals surface area (Å²) in [6.45, 7) is 3.22. The first-order valence-electron chi connectivity index (χ1n) is 3.82. The molecule has 0 aliphatic heterocycles. The van der Waals surface area contributed by atoms with Crippen molar-refractivity contribution in [3.05, 3.63) is 30.1 Å². The summed E-state index contributed by atoms with van der Waals surface area (Å²) in [7, 11) is 0. The maximum Gasteiger partial charge on any atom is 0.170 e. The van der Waals surface area contributed by atoms with Gasteiger partial charge in [0.05, 0.1) is 0 Å². The topological polar surface area (TPSA) is 3.88 Å². The van der Waals surface area contributed by atoms with Gasteiger partial charge in [0.25, 0.3) is 0 Å². The molecule has 1 rings (SSSR count). The van der Waals surface area contributed by atoms with Crippen LogP contribution >= 0.6 is 0 Å². The molecule has 1 nitrogen and oxygen atoms in total. The first kappa shape index (κ1) is 11.2. The molecule has 0 spiro atoms. The van der Waals surface area contributed by atoms with Crippen molar-refractivity contribution in [2.24, 2.45) is 0 Å². The van der Waals surface area contributed by atoms with E-state index in [1.165, 1.54) is 0 Å². The molecule has 12 heavy (non-hydrogen) atoms. The fourth-order valence-electron chi connectivity index (χ4n) is 0.961. The number of rotatable bonds is 2. The van der Waals surface area contributed by atoms with Gasteiger partial charge in [-0.2, -0.15) is 0 Å². The molecular weight excluding hydrogens is 214 g/mol. The van der Waals surface area contributed by atoms with Gasteiger partial charge in [-0.3, -0.25) is 0 Å². The van der Waals surface area contributed by atoms with Crippen molar-refractivity contribution in [1.82, 2.24) is 0 Å². The molecule has 1 heterocycles. The minimum absolute atomic E-state index is 0. The van der Waals surface area contributed by atoms with E-state index in [1.807, 2.05) is 24.5 Å². The Balaban J connectivity index is 0.00000121. The van der Waals surface area contributed by atoms with Crippen molar-refractivity contribution in [2.75, 3.05) is 0 Å². The average molecular weight is 226 g/mol. The van der Waals surface area contributed by atoms with E-state index in [0.29, 0.717) is 0 Å². The first-order valence-corrected chi connectivity index (χ1v) is 3.82. The molecule has 0 amide bonds. The van der Waals surface area contributed by atoms with Crippen LogP contribution in [-0.4, -0.2) is 0 Å². The van der Waals surface area contributed by atoms with E-state index in [4.69, 9.17) is 6.42 Å². The Morgan fingerprint density at radius 1 is 1.42 bits per heavy atom. The minimum Gasteiger partial charge on any atom is -1.00 e. The lowest BCUT2D eigenvalue weighted by atomic mass is 10.3. The van der Waals surface area contributed by atoms with Gasteiger partial charge in [0, 0.05) is 24.1 Å². The van der Waals surface area contributed by atoms with Gasteiger partial charge in [-0.05, 0) is 0 Å². The van der Waals surface area contributed by atoms with Crippen molar-refractivity contribution >= 4 is 0 Å². The Hall–Kier alpha value is -0.810. The summed E-state index contributed by atoms with van der Waals surface area (Å²) in [5.74, 6) is 2.58. The zero-order valence-electron chi connectivity index (χ0n) is 7.13. The van der Waals surface area contributed by atoms with Crippen LogP contribution in [0.5, 0.6) is 0 Å². The zero-order chi connectivity index (χ0) is 8.10. The average Bonchev–Trinajstić information content (AvgIpc) is 2.07. The van der Waals surface area contributed by atoms with Crippen LogP contribution in [0.25, 0.3) is 0 Å². The molecule has 0 unspecified atom stereocenters. The van der Waals surface area contributed by atoms with E-state index >= 15 is 0 Å². The zero-order valence-corrected chi connectivity index (χ0v) is 8.71. The number of nitrogens with zero attached hydrogens (tertiary/aromatic N) is 1. The lowest BCUT2D eigenvalue weighted by Crippen LogP contribution is -3.00. The first-order chi connectivity index (χ1) is 5.36. The summed E-state index contributed by atoms with van der Waals surface area (Å²) in [5.41, 5.74) is 0.942. The van der Waals surface area contributed by atoms with Crippen LogP contribution in [0.1, 0.15) is 18.9 Å². The molecule has 0 N–H and O–H groups in total. The van der Waals surface area contributed by atoms with E-state index in [-0.39, 0.29) is 17.0 Å². The van der Waals surface area contributed by atoms with Crippen LogP contribution in [0.3, 0.4) is 0 Å². The Morgan fingerprint density at radius 3 is 2.42 bits per heavy atom. The molecule has 0 atom stereocenters. The fourth-order valence-corrected chi connectivity index (χ4v) is 0.961. The van der Waals surface area contributed by atoms with Gasteiger partial charge in [-0.1, -0.05) is 12.8 Å². The molecule has 0 radical (unpaired) electrons. The third kappa shape index (κ3) is 3.06. The van der Waals surface area contributed by atoms with E-state index < -0.39 is 0 Å². The van der Waals surface area contributed by atoms with Gasteiger partial charge < -0.3 is 17.0 Å². The summed E-state index contributed by atoms with van der Waals surface area (Å²) in [6, 6.07) is 3.91. The van der Waals surface area contributed by atoms with Crippen LogP contribution in [-0.2, 0) is 6.54 Å². The largest absolute Gasteiger partial charge is 1.00 e. The van der Waals surface area contributed by atoms with E-state index in [1.54, 1.807) is 0 Å². The molecule has 1 aromatic heterocycles. The molecule has 0 aliphatic rings. The Bertz CT molecular complexity index is 258. The third-order valence-corrected chi connectivity index (χ3v) is 1.54. The molecule has 0 saturated carbocycles. The number of hydrogen-bond donors (Lipinski definition) is 0. The van der Waals surface area contributed by atoms with Crippen LogP contribution in [0, 0.1) is 12.3 Å². The number of terminal acetylenes is 1. The number of hydrogen-bond acceptors (Lipinski definition) is 0. The summed E-state index contributed by atoms with van der Waals surface area (Å²) in [4.78, 5) is 0. The Labute approximate surface area is 84.2 Å². The molecule has 64 valence electrons. The molecular formula is C10H12BrN. The molecule has 0 aromatic carbocycles. The van der Waals surface area contributed by atoms with Crippen molar-refractivity contribution in [2.45, 2.75) is 19.9 Å². The predicted molar refractivity (Wildman–Crippen MR) is 44.9 cm³/mol. The van der Waals surface area contributed by atoms with Crippen LogP contribution in [0.15, 0.2) is 24.5 Å². The molecule has 1 aromatic rings. The standard InChI is InChI=1S/C10H12N.BrH/c1-3-7-11-8-5-10(4-2)6-9-11;/h2,5-6,8-9H,3,7H2,1H3;1H/q+1;/p-1. The number of halogens is 1. The van der Waals surface area contributed by atoms with E-state index in [2.05, 4.69) is 17.4 Å². The molecule has 0 saturated heterocycles. The maximum absolute atomic E-state index is 5.21. The van der Waals surface area contributed by atoms with E-state index in [9.17, 15) is 0 Å². The Morgan fingerprint density at radius 2 is 2.00 bits per heavy atom. The smallest absolute Gasteiger partial charge is 0.170 e. The third-order valence-electron chi connectivity index (χ3n) is 1.54. The molecule has 0 aliphatic carbocycles. The summed E-state index contributed by atoms with van der Waals surface area (Å²) < 4.78 is 2.13. The second-order valence-electron chi connectivity index (χ2n) is 2.47. The van der Waals surface area contributed by atoms with Crippen LogP contribution < -0.4 is 21.5 Å². The summed E-state index contributed by atoms with van der Waals surface area (Å²) in [6.07, 6.45) is 10.4. The van der Waals surface area contributed by atoms with Crippen LogP contribution in [0.2, 0.25) is 0 Å². The summed E-state index contributed by atoms with van der Waals surface area (Å²) in [5, 5.41) is 0. The van der Waals surface area contributed by atoms with Gasteiger partial charge in [0.15, 0.2) is 12.4 Å². The highest BCUT2D eigenvalue weighted by Gasteiger charge is 1.95. The number of aromatic nitrogens is 1. The molecule has 0 fully saturated rings. The lowest BCUT2D eigenvalue weighted by molar-refractivity contribution is -0.697. The Kier molecular flexibility index (Phi) is 5.40. The van der Waals surface area contributed by atoms with Gasteiger partial charge in [-0.25, -0.2) is 4.57 Å². The number of pyridine rings is 1. The van der Waals surface area contributed by atoms with Gasteiger partial charge >= 0.3 is 0 Å². The quantitative estimate of drug-likeness (QED) is 0.421. The molecule has 2 heteroatoms. The monoisotopic (exact) mass is 225 g/mol.